The lowest BCUT2D eigenvalue weighted by atomic mass is 9.84. The van der Waals surface area contributed by atoms with Gasteiger partial charge in [-0.25, -0.2) is 0 Å². The zero-order chi connectivity index (χ0) is 9.43. The molecule has 1 aromatic rings. The number of nitrogens with one attached hydrogen (secondary N) is 1. The highest BCUT2D eigenvalue weighted by atomic mass is 15.2. The van der Waals surface area contributed by atoms with Gasteiger partial charge in [0.15, 0.2) is 0 Å². The molecule has 0 bridgehead atoms. The quantitative estimate of drug-likeness (QED) is 0.706. The molecule has 2 fully saturated rings. The predicted octanol–water partition coefficient (Wildman–Crippen LogP) is 2.51. The SMILES string of the molecule is c1ccc(CC23CCCCC2N3)cc1. The summed E-state index contributed by atoms with van der Waals surface area (Å²) in [5.74, 6) is 0. The van der Waals surface area contributed by atoms with Gasteiger partial charge >= 0.3 is 0 Å². The number of rotatable bonds is 2. The van der Waals surface area contributed by atoms with Gasteiger partial charge in [-0.3, -0.25) is 0 Å². The summed E-state index contributed by atoms with van der Waals surface area (Å²) in [7, 11) is 0. The molecule has 74 valence electrons. The molecule has 0 radical (unpaired) electrons. The molecule has 3 rings (SSSR count). The average molecular weight is 187 g/mol. The zero-order valence-electron chi connectivity index (χ0n) is 8.50. The normalized spacial score (nSPS) is 35.0. The number of hydrogen-bond donors (Lipinski definition) is 1. The van der Waals surface area contributed by atoms with Crippen molar-refractivity contribution in [1.29, 1.82) is 0 Å². The number of fused-ring (bicyclic) bond motifs is 1. The van der Waals surface area contributed by atoms with Crippen LogP contribution in [0.4, 0.5) is 0 Å². The second-order valence-corrected chi connectivity index (χ2v) is 4.76. The molecule has 1 heterocycles. The van der Waals surface area contributed by atoms with Crippen LogP contribution in [0.1, 0.15) is 31.2 Å². The summed E-state index contributed by atoms with van der Waals surface area (Å²) in [5, 5.41) is 3.69. The van der Waals surface area contributed by atoms with Crippen LogP contribution in [0.5, 0.6) is 0 Å². The Labute approximate surface area is 85.5 Å². The molecule has 1 saturated heterocycles. The van der Waals surface area contributed by atoms with Crippen LogP contribution in [0.25, 0.3) is 0 Å². The Balaban J connectivity index is 1.74. The first-order chi connectivity index (χ1) is 6.89. The molecule has 14 heavy (non-hydrogen) atoms. The summed E-state index contributed by atoms with van der Waals surface area (Å²) in [6, 6.07) is 11.7. The van der Waals surface area contributed by atoms with Gasteiger partial charge in [-0.15, -0.1) is 0 Å². The second-order valence-electron chi connectivity index (χ2n) is 4.76. The monoisotopic (exact) mass is 187 g/mol. The summed E-state index contributed by atoms with van der Waals surface area (Å²) < 4.78 is 0. The van der Waals surface area contributed by atoms with Crippen molar-refractivity contribution in [3.63, 3.8) is 0 Å². The van der Waals surface area contributed by atoms with Crippen molar-refractivity contribution in [3.05, 3.63) is 35.9 Å². The fraction of sp³-hybridized carbons (Fsp3) is 0.538. The molecule has 2 aliphatic rings. The lowest BCUT2D eigenvalue weighted by molar-refractivity contribution is 0.450. The van der Waals surface area contributed by atoms with E-state index in [4.69, 9.17) is 0 Å². The second kappa shape index (κ2) is 3.09. The Bertz CT molecular complexity index is 319. The van der Waals surface area contributed by atoms with Crippen molar-refractivity contribution in [1.82, 2.24) is 5.32 Å². The van der Waals surface area contributed by atoms with Gasteiger partial charge in [-0.2, -0.15) is 0 Å². The van der Waals surface area contributed by atoms with E-state index >= 15 is 0 Å². The van der Waals surface area contributed by atoms with Gasteiger partial charge in [0.05, 0.1) is 0 Å². The minimum absolute atomic E-state index is 0.500. The molecule has 0 amide bonds. The van der Waals surface area contributed by atoms with E-state index in [0.717, 1.165) is 6.04 Å². The van der Waals surface area contributed by atoms with Crippen molar-refractivity contribution >= 4 is 0 Å². The van der Waals surface area contributed by atoms with Crippen LogP contribution in [0, 0.1) is 0 Å². The predicted molar refractivity (Wildman–Crippen MR) is 58.3 cm³/mol. The van der Waals surface area contributed by atoms with E-state index in [-0.39, 0.29) is 0 Å². The highest BCUT2D eigenvalue weighted by molar-refractivity contribution is 5.25. The molecule has 2 unspecified atom stereocenters. The fourth-order valence-corrected chi connectivity index (χ4v) is 2.91. The van der Waals surface area contributed by atoms with Crippen LogP contribution in [0.2, 0.25) is 0 Å². The maximum absolute atomic E-state index is 3.69. The van der Waals surface area contributed by atoms with E-state index in [1.165, 1.54) is 37.7 Å². The molecule has 1 heteroatoms. The van der Waals surface area contributed by atoms with Crippen molar-refractivity contribution in [2.75, 3.05) is 0 Å². The van der Waals surface area contributed by atoms with Crippen LogP contribution in [0.3, 0.4) is 0 Å². The Morgan fingerprint density at radius 3 is 2.86 bits per heavy atom. The first-order valence-corrected chi connectivity index (χ1v) is 5.71. The maximum Gasteiger partial charge on any atom is 0.0378 e. The Morgan fingerprint density at radius 1 is 1.21 bits per heavy atom. The van der Waals surface area contributed by atoms with Crippen LogP contribution in [0.15, 0.2) is 30.3 Å². The first-order valence-electron chi connectivity index (χ1n) is 5.71. The van der Waals surface area contributed by atoms with Gasteiger partial charge in [-0.05, 0) is 24.8 Å². The third-order valence-electron chi connectivity index (χ3n) is 3.77. The Hall–Kier alpha value is -0.820. The van der Waals surface area contributed by atoms with E-state index in [1.807, 2.05) is 0 Å². The molecule has 1 aromatic carbocycles. The molecule has 1 aliphatic carbocycles. The first kappa shape index (κ1) is 8.49. The van der Waals surface area contributed by atoms with E-state index in [0.29, 0.717) is 5.54 Å². The minimum atomic E-state index is 0.500. The molecular formula is C13H17N. The van der Waals surface area contributed by atoms with E-state index in [9.17, 15) is 0 Å². The third kappa shape index (κ3) is 1.36. The third-order valence-corrected chi connectivity index (χ3v) is 3.77. The zero-order valence-corrected chi connectivity index (χ0v) is 8.50. The maximum atomic E-state index is 3.69. The van der Waals surface area contributed by atoms with Gasteiger partial charge < -0.3 is 5.32 Å². The molecule has 1 saturated carbocycles. The smallest absolute Gasteiger partial charge is 0.0378 e. The van der Waals surface area contributed by atoms with Crippen LogP contribution in [-0.2, 0) is 6.42 Å². The summed E-state index contributed by atoms with van der Waals surface area (Å²) >= 11 is 0. The van der Waals surface area contributed by atoms with E-state index < -0.39 is 0 Å². The largest absolute Gasteiger partial charge is 0.305 e. The van der Waals surface area contributed by atoms with E-state index in [2.05, 4.69) is 35.6 Å². The van der Waals surface area contributed by atoms with Gasteiger partial charge in [0, 0.05) is 11.6 Å². The molecule has 0 spiro atoms. The van der Waals surface area contributed by atoms with Gasteiger partial charge in [0.25, 0.3) is 0 Å². The molecular weight excluding hydrogens is 170 g/mol. The Morgan fingerprint density at radius 2 is 2.07 bits per heavy atom. The standard InChI is InChI=1S/C13H17N/c1-2-6-11(7-3-1)10-13-9-5-4-8-12(13)14-13/h1-3,6-7,12,14H,4-5,8-10H2. The summed E-state index contributed by atoms with van der Waals surface area (Å²) in [6.07, 6.45) is 6.85. The van der Waals surface area contributed by atoms with Crippen LogP contribution < -0.4 is 5.32 Å². The van der Waals surface area contributed by atoms with Crippen molar-refractivity contribution in [2.45, 2.75) is 43.7 Å². The Kier molecular flexibility index (Phi) is 1.88. The highest BCUT2D eigenvalue weighted by Gasteiger charge is 2.53. The average Bonchev–Trinajstić information content (AvgIpc) is 2.93. The van der Waals surface area contributed by atoms with Crippen LogP contribution >= 0.6 is 0 Å². The van der Waals surface area contributed by atoms with Gasteiger partial charge in [-0.1, -0.05) is 43.2 Å². The minimum Gasteiger partial charge on any atom is -0.305 e. The summed E-state index contributed by atoms with van der Waals surface area (Å²) in [6.45, 7) is 0. The topological polar surface area (TPSA) is 21.9 Å². The summed E-state index contributed by atoms with van der Waals surface area (Å²) in [4.78, 5) is 0. The summed E-state index contributed by atoms with van der Waals surface area (Å²) in [5.41, 5.74) is 1.99. The van der Waals surface area contributed by atoms with Crippen LogP contribution in [-0.4, -0.2) is 11.6 Å². The number of benzene rings is 1. The van der Waals surface area contributed by atoms with Gasteiger partial charge in [0.2, 0.25) is 0 Å². The van der Waals surface area contributed by atoms with Crippen molar-refractivity contribution < 1.29 is 0 Å². The van der Waals surface area contributed by atoms with E-state index in [1.54, 1.807) is 0 Å². The molecule has 1 N–H and O–H groups in total. The number of hydrogen-bond acceptors (Lipinski definition) is 1. The van der Waals surface area contributed by atoms with Crippen molar-refractivity contribution in [3.8, 4) is 0 Å². The van der Waals surface area contributed by atoms with Crippen molar-refractivity contribution in [2.24, 2.45) is 0 Å². The molecule has 1 aliphatic heterocycles. The van der Waals surface area contributed by atoms with Gasteiger partial charge in [0.1, 0.15) is 0 Å². The lowest BCUT2D eigenvalue weighted by Gasteiger charge is -2.19. The fourth-order valence-electron chi connectivity index (χ4n) is 2.91. The lowest BCUT2D eigenvalue weighted by Crippen LogP contribution is -2.23. The highest BCUT2D eigenvalue weighted by Crippen LogP contribution is 2.42. The molecule has 1 nitrogen and oxygen atoms in total. The molecule has 0 aromatic heterocycles. The molecule has 2 atom stereocenters.